The Morgan fingerprint density at radius 1 is 1.20 bits per heavy atom. The first-order valence-corrected chi connectivity index (χ1v) is 6.11. The van der Waals surface area contributed by atoms with E-state index in [2.05, 4.69) is 12.2 Å². The van der Waals surface area contributed by atoms with E-state index in [0.717, 1.165) is 29.6 Å². The van der Waals surface area contributed by atoms with Gasteiger partial charge < -0.3 is 4.74 Å². The van der Waals surface area contributed by atoms with Gasteiger partial charge in [-0.1, -0.05) is 6.08 Å². The van der Waals surface area contributed by atoms with Crippen molar-refractivity contribution < 1.29 is 9.53 Å². The fraction of sp³-hybridized carbons (Fsp3) is 0.769. The molecule has 0 saturated heterocycles. The van der Waals surface area contributed by atoms with E-state index in [1.165, 1.54) is 19.8 Å². The van der Waals surface area contributed by atoms with Crippen molar-refractivity contribution >= 4 is 5.97 Å². The summed E-state index contributed by atoms with van der Waals surface area (Å²) in [5.74, 6) is 5.27. The van der Waals surface area contributed by atoms with Crippen molar-refractivity contribution in [2.45, 2.75) is 25.9 Å². The van der Waals surface area contributed by atoms with E-state index in [4.69, 9.17) is 4.74 Å². The Balaban J connectivity index is 1.67. The molecule has 0 aromatic rings. The standard InChI is InChI=1S/C13H16O2/c1-6(14)15-10-4-2-3-7-8-5-9-11(7)13(9)12(8)10/h2,4,7-13H,3,5H2,1H3/t7-,8-,9-,10+,11-,12-,13+/m0/s1. The first-order chi connectivity index (χ1) is 7.27. The molecule has 0 amide bonds. The molecule has 5 rings (SSSR count). The van der Waals surface area contributed by atoms with Crippen molar-refractivity contribution in [2.75, 3.05) is 0 Å². The molecule has 0 spiro atoms. The predicted molar refractivity (Wildman–Crippen MR) is 54.9 cm³/mol. The highest BCUT2D eigenvalue weighted by atomic mass is 16.5. The minimum absolute atomic E-state index is 0.0972. The van der Waals surface area contributed by atoms with E-state index in [1.807, 2.05) is 0 Å². The molecule has 0 heterocycles. The maximum Gasteiger partial charge on any atom is 0.303 e. The van der Waals surface area contributed by atoms with Crippen LogP contribution in [0.5, 0.6) is 0 Å². The van der Waals surface area contributed by atoms with Gasteiger partial charge in [-0.05, 0) is 48.5 Å². The molecule has 0 N–H and O–H groups in total. The number of carbonyl (C=O) groups excluding carboxylic acids is 1. The van der Waals surface area contributed by atoms with Crippen LogP contribution in [0, 0.1) is 35.5 Å². The van der Waals surface area contributed by atoms with Gasteiger partial charge in [0, 0.05) is 12.8 Å². The van der Waals surface area contributed by atoms with Gasteiger partial charge in [0.25, 0.3) is 0 Å². The summed E-state index contributed by atoms with van der Waals surface area (Å²) in [6, 6.07) is 0. The van der Waals surface area contributed by atoms with Crippen molar-refractivity contribution in [3.8, 4) is 0 Å². The average Bonchev–Trinajstić information content (AvgIpc) is 2.52. The molecule has 5 aliphatic rings. The van der Waals surface area contributed by atoms with E-state index < -0.39 is 0 Å². The van der Waals surface area contributed by atoms with Crippen molar-refractivity contribution in [1.29, 1.82) is 0 Å². The van der Waals surface area contributed by atoms with Crippen molar-refractivity contribution in [2.24, 2.45) is 35.5 Å². The number of allylic oxidation sites excluding steroid dienone is 1. The van der Waals surface area contributed by atoms with Crippen molar-refractivity contribution in [1.82, 2.24) is 0 Å². The second-order valence-electron chi connectivity index (χ2n) is 5.70. The second kappa shape index (κ2) is 2.47. The second-order valence-corrected chi connectivity index (χ2v) is 5.70. The van der Waals surface area contributed by atoms with Crippen LogP contribution in [-0.2, 0) is 9.53 Å². The lowest BCUT2D eigenvalue weighted by molar-refractivity contribution is -0.147. The van der Waals surface area contributed by atoms with Gasteiger partial charge in [0.15, 0.2) is 0 Å². The fourth-order valence-corrected chi connectivity index (χ4v) is 4.99. The van der Waals surface area contributed by atoms with Crippen LogP contribution in [0.25, 0.3) is 0 Å². The summed E-state index contributed by atoms with van der Waals surface area (Å²) in [5.41, 5.74) is 0. The first kappa shape index (κ1) is 8.37. The van der Waals surface area contributed by atoms with Crippen LogP contribution >= 0.6 is 0 Å². The maximum absolute atomic E-state index is 11.1. The summed E-state index contributed by atoms with van der Waals surface area (Å²) in [6.07, 6.45) is 7.15. The molecule has 4 saturated carbocycles. The predicted octanol–water partition coefficient (Wildman–Crippen LogP) is 2.01. The molecular weight excluding hydrogens is 188 g/mol. The Morgan fingerprint density at radius 2 is 2.07 bits per heavy atom. The minimum Gasteiger partial charge on any atom is -0.458 e. The zero-order chi connectivity index (χ0) is 10.2. The molecule has 2 nitrogen and oxygen atoms in total. The maximum atomic E-state index is 11.1. The lowest BCUT2D eigenvalue weighted by Gasteiger charge is -2.23. The van der Waals surface area contributed by atoms with Gasteiger partial charge in [0.2, 0.25) is 0 Å². The third-order valence-electron chi connectivity index (χ3n) is 5.24. The van der Waals surface area contributed by atoms with Crippen LogP contribution in [0.1, 0.15) is 19.8 Å². The summed E-state index contributed by atoms with van der Waals surface area (Å²) >= 11 is 0. The summed E-state index contributed by atoms with van der Waals surface area (Å²) < 4.78 is 5.47. The van der Waals surface area contributed by atoms with Crippen molar-refractivity contribution in [3.05, 3.63) is 12.2 Å². The van der Waals surface area contributed by atoms with Crippen LogP contribution in [-0.4, -0.2) is 12.1 Å². The first-order valence-electron chi connectivity index (χ1n) is 6.11. The number of esters is 1. The van der Waals surface area contributed by atoms with Crippen molar-refractivity contribution in [3.63, 3.8) is 0 Å². The summed E-state index contributed by atoms with van der Waals surface area (Å²) in [7, 11) is 0. The highest BCUT2D eigenvalue weighted by molar-refractivity contribution is 5.66. The largest absolute Gasteiger partial charge is 0.458 e. The number of carbonyl (C=O) groups is 1. The fourth-order valence-electron chi connectivity index (χ4n) is 4.99. The molecule has 0 aliphatic heterocycles. The third-order valence-corrected chi connectivity index (χ3v) is 5.24. The Bertz CT molecular complexity index is 360. The van der Waals surface area contributed by atoms with Gasteiger partial charge in [-0.3, -0.25) is 4.79 Å². The molecule has 15 heavy (non-hydrogen) atoms. The van der Waals surface area contributed by atoms with Crippen LogP contribution in [0.4, 0.5) is 0 Å². The highest BCUT2D eigenvalue weighted by Gasteiger charge is 2.74. The van der Waals surface area contributed by atoms with E-state index >= 15 is 0 Å². The van der Waals surface area contributed by atoms with E-state index in [-0.39, 0.29) is 12.1 Å². The zero-order valence-electron chi connectivity index (χ0n) is 8.93. The topological polar surface area (TPSA) is 26.3 Å². The molecule has 7 atom stereocenters. The molecule has 0 aromatic carbocycles. The van der Waals surface area contributed by atoms with Crippen LogP contribution < -0.4 is 0 Å². The van der Waals surface area contributed by atoms with Gasteiger partial charge in [0.05, 0.1) is 0 Å². The van der Waals surface area contributed by atoms with E-state index in [9.17, 15) is 4.79 Å². The number of rotatable bonds is 1. The lowest BCUT2D eigenvalue weighted by atomic mass is 9.88. The lowest BCUT2D eigenvalue weighted by Crippen LogP contribution is -2.27. The summed E-state index contributed by atoms with van der Waals surface area (Å²) in [6.45, 7) is 1.53. The third kappa shape index (κ3) is 0.889. The SMILES string of the molecule is CC(=O)O[C@@H]1C=CC[C@H]2[C@@H]3C[C@H]4[C@H]2[C@@H]4[C@@H]31. The molecule has 0 radical (unpaired) electrons. The molecular formula is C13H16O2. The molecule has 0 unspecified atom stereocenters. The molecule has 80 valence electrons. The van der Waals surface area contributed by atoms with Crippen LogP contribution in [0.15, 0.2) is 12.2 Å². The highest BCUT2D eigenvalue weighted by Crippen LogP contribution is 2.77. The Hall–Kier alpha value is -0.790. The normalized spacial score (nSPS) is 57.8. The molecule has 6 bridgehead atoms. The van der Waals surface area contributed by atoms with Gasteiger partial charge in [-0.2, -0.15) is 0 Å². The van der Waals surface area contributed by atoms with Crippen LogP contribution in [0.3, 0.4) is 0 Å². The molecule has 4 fully saturated rings. The van der Waals surface area contributed by atoms with E-state index in [0.29, 0.717) is 5.92 Å². The molecule has 0 aromatic heterocycles. The minimum atomic E-state index is -0.121. The molecule has 2 heteroatoms. The summed E-state index contributed by atoms with van der Waals surface area (Å²) in [5, 5.41) is 0. The quantitative estimate of drug-likeness (QED) is 0.482. The van der Waals surface area contributed by atoms with E-state index in [1.54, 1.807) is 0 Å². The Labute approximate surface area is 89.7 Å². The van der Waals surface area contributed by atoms with Crippen LogP contribution in [0.2, 0.25) is 0 Å². The smallest absolute Gasteiger partial charge is 0.303 e. The molecule has 5 aliphatic carbocycles. The number of hydrogen-bond donors (Lipinski definition) is 0. The summed E-state index contributed by atoms with van der Waals surface area (Å²) in [4.78, 5) is 11.1. The van der Waals surface area contributed by atoms with Gasteiger partial charge >= 0.3 is 5.97 Å². The van der Waals surface area contributed by atoms with Gasteiger partial charge in [-0.25, -0.2) is 0 Å². The zero-order valence-corrected chi connectivity index (χ0v) is 8.93. The van der Waals surface area contributed by atoms with Gasteiger partial charge in [-0.15, -0.1) is 0 Å². The Kier molecular flexibility index (Phi) is 1.38. The van der Waals surface area contributed by atoms with Gasteiger partial charge in [0.1, 0.15) is 6.10 Å². The number of hydrogen-bond acceptors (Lipinski definition) is 2. The average molecular weight is 204 g/mol. The monoisotopic (exact) mass is 204 g/mol. The number of ether oxygens (including phenoxy) is 1. The Morgan fingerprint density at radius 3 is 2.80 bits per heavy atom.